The van der Waals surface area contributed by atoms with Crippen LogP contribution in [0.3, 0.4) is 0 Å². The molecule has 1 saturated heterocycles. The molecule has 3 rings (SSSR count). The third kappa shape index (κ3) is 5.19. The lowest BCUT2D eigenvalue weighted by atomic mass is 10.1. The van der Waals surface area contributed by atoms with Crippen molar-refractivity contribution in [1.29, 1.82) is 0 Å². The van der Waals surface area contributed by atoms with Crippen LogP contribution in [-0.2, 0) is 14.8 Å². The van der Waals surface area contributed by atoms with Crippen molar-refractivity contribution in [1.82, 2.24) is 4.31 Å². The number of halogens is 2. The zero-order valence-electron chi connectivity index (χ0n) is 15.8. The Morgan fingerprint density at radius 1 is 1.00 bits per heavy atom. The summed E-state index contributed by atoms with van der Waals surface area (Å²) in [4.78, 5) is 24.4. The molecule has 0 radical (unpaired) electrons. The van der Waals surface area contributed by atoms with Gasteiger partial charge in [0.25, 0.3) is 0 Å². The van der Waals surface area contributed by atoms with Gasteiger partial charge in [0.1, 0.15) is 5.75 Å². The first kappa shape index (κ1) is 21.8. The van der Waals surface area contributed by atoms with Gasteiger partial charge in [-0.3, -0.25) is 4.79 Å². The van der Waals surface area contributed by atoms with Crippen molar-refractivity contribution < 1.29 is 36.3 Å². The molecule has 0 unspecified atom stereocenters. The van der Waals surface area contributed by atoms with E-state index in [1.54, 1.807) is 0 Å². The third-order valence-corrected chi connectivity index (χ3v) is 6.40. The van der Waals surface area contributed by atoms with Crippen molar-refractivity contribution in [2.75, 3.05) is 19.7 Å². The van der Waals surface area contributed by atoms with Crippen LogP contribution in [0.5, 0.6) is 5.75 Å². The zero-order valence-corrected chi connectivity index (χ0v) is 16.6. The van der Waals surface area contributed by atoms with Crippen LogP contribution in [0.25, 0.3) is 0 Å². The van der Waals surface area contributed by atoms with Crippen LogP contribution >= 0.6 is 0 Å². The number of sulfonamides is 1. The van der Waals surface area contributed by atoms with E-state index in [1.807, 2.05) is 0 Å². The Morgan fingerprint density at radius 2 is 1.67 bits per heavy atom. The van der Waals surface area contributed by atoms with Gasteiger partial charge in [-0.2, -0.15) is 13.1 Å². The van der Waals surface area contributed by atoms with E-state index in [9.17, 15) is 26.8 Å². The number of hydrogen-bond acceptors (Lipinski definition) is 6. The highest BCUT2D eigenvalue weighted by molar-refractivity contribution is 7.89. The lowest BCUT2D eigenvalue weighted by Crippen LogP contribution is -2.28. The van der Waals surface area contributed by atoms with Crippen LogP contribution < -0.4 is 4.74 Å². The molecule has 1 aliphatic rings. The maximum absolute atomic E-state index is 12.6. The number of carbonyl (C=O) groups is 2. The van der Waals surface area contributed by atoms with Crippen LogP contribution in [0.4, 0.5) is 8.78 Å². The maximum atomic E-state index is 12.6. The van der Waals surface area contributed by atoms with E-state index in [-0.39, 0.29) is 21.8 Å². The molecule has 1 fully saturated rings. The average Bonchev–Trinajstić information content (AvgIpc) is 3.28. The van der Waals surface area contributed by atoms with Crippen molar-refractivity contribution in [2.24, 2.45) is 0 Å². The molecule has 160 valence electrons. The number of rotatable bonds is 8. The molecule has 2 aromatic rings. The van der Waals surface area contributed by atoms with Crippen molar-refractivity contribution in [3.05, 3.63) is 59.7 Å². The highest BCUT2D eigenvalue weighted by atomic mass is 32.2. The summed E-state index contributed by atoms with van der Waals surface area (Å²) in [5.74, 6) is -1.50. The van der Waals surface area contributed by atoms with Crippen LogP contribution in [-0.4, -0.2) is 50.8 Å². The number of Topliss-reactive ketones (excluding diaryl/α,β-unsaturated/α-hetero) is 1. The maximum Gasteiger partial charge on any atom is 0.387 e. The van der Waals surface area contributed by atoms with Gasteiger partial charge >= 0.3 is 12.6 Å². The van der Waals surface area contributed by atoms with E-state index < -0.39 is 35.0 Å². The standard InChI is InChI=1S/C20H19F2NO6S/c21-20(22)29-16-8-6-14(7-9-16)18(24)13-28-19(25)15-4-3-5-17(12-15)30(26,27)23-10-1-2-11-23/h3-9,12,20H,1-2,10-11,13H2. The van der Waals surface area contributed by atoms with Crippen LogP contribution in [0.2, 0.25) is 0 Å². The van der Waals surface area contributed by atoms with Gasteiger partial charge in [-0.1, -0.05) is 6.07 Å². The molecule has 0 aromatic heterocycles. The number of ether oxygens (including phenoxy) is 2. The summed E-state index contributed by atoms with van der Waals surface area (Å²) >= 11 is 0. The van der Waals surface area contributed by atoms with E-state index in [0.717, 1.165) is 12.8 Å². The second kappa shape index (κ2) is 9.31. The Bertz CT molecular complexity index is 1020. The quantitative estimate of drug-likeness (QED) is 0.464. The number of ketones is 1. The van der Waals surface area contributed by atoms with Gasteiger partial charge in [0.2, 0.25) is 10.0 Å². The summed E-state index contributed by atoms with van der Waals surface area (Å²) in [5.41, 5.74) is 0.151. The van der Waals surface area contributed by atoms with Crippen molar-refractivity contribution in [3.8, 4) is 5.75 Å². The van der Waals surface area contributed by atoms with Crippen LogP contribution in [0.15, 0.2) is 53.4 Å². The molecule has 1 heterocycles. The fourth-order valence-corrected chi connectivity index (χ4v) is 4.54. The molecule has 0 N–H and O–H groups in total. The number of carbonyl (C=O) groups excluding carboxylic acids is 2. The number of esters is 1. The van der Waals surface area contributed by atoms with Gasteiger partial charge in [-0.25, -0.2) is 13.2 Å². The monoisotopic (exact) mass is 439 g/mol. The van der Waals surface area contributed by atoms with Gasteiger partial charge in [0.05, 0.1) is 10.5 Å². The van der Waals surface area contributed by atoms with E-state index in [2.05, 4.69) is 4.74 Å². The van der Waals surface area contributed by atoms with E-state index in [0.29, 0.717) is 13.1 Å². The molecule has 2 aromatic carbocycles. The Hall–Kier alpha value is -2.85. The molecular formula is C20H19F2NO6S. The minimum Gasteiger partial charge on any atom is -0.454 e. The molecule has 0 bridgehead atoms. The normalized spacial score (nSPS) is 14.6. The van der Waals surface area contributed by atoms with E-state index >= 15 is 0 Å². The minimum atomic E-state index is -3.69. The predicted molar refractivity (Wildman–Crippen MR) is 102 cm³/mol. The molecule has 0 saturated carbocycles. The summed E-state index contributed by atoms with van der Waals surface area (Å²) in [7, 11) is -3.69. The molecule has 0 aliphatic carbocycles. The average molecular weight is 439 g/mol. The fraction of sp³-hybridized carbons (Fsp3) is 0.300. The molecule has 1 aliphatic heterocycles. The van der Waals surface area contributed by atoms with Gasteiger partial charge < -0.3 is 9.47 Å². The topological polar surface area (TPSA) is 90.0 Å². The van der Waals surface area contributed by atoms with E-state index in [1.165, 1.54) is 52.8 Å². The van der Waals surface area contributed by atoms with Crippen LogP contribution in [0.1, 0.15) is 33.6 Å². The molecule has 0 amide bonds. The molecule has 0 atom stereocenters. The molecule has 0 spiro atoms. The summed E-state index contributed by atoms with van der Waals surface area (Å²) in [6.45, 7) is -2.69. The zero-order chi connectivity index (χ0) is 21.7. The third-order valence-electron chi connectivity index (χ3n) is 4.51. The first-order valence-electron chi connectivity index (χ1n) is 9.13. The molecular weight excluding hydrogens is 420 g/mol. The molecule has 30 heavy (non-hydrogen) atoms. The largest absolute Gasteiger partial charge is 0.454 e. The van der Waals surface area contributed by atoms with Gasteiger partial charge in [-0.05, 0) is 55.3 Å². The fourth-order valence-electron chi connectivity index (χ4n) is 2.98. The first-order valence-corrected chi connectivity index (χ1v) is 10.6. The number of nitrogens with zero attached hydrogens (tertiary/aromatic N) is 1. The van der Waals surface area contributed by atoms with Gasteiger partial charge in [-0.15, -0.1) is 0 Å². The Balaban J connectivity index is 1.63. The summed E-state index contributed by atoms with van der Waals surface area (Å²) < 4.78 is 60.1. The highest BCUT2D eigenvalue weighted by Gasteiger charge is 2.27. The number of benzene rings is 2. The molecule has 7 nitrogen and oxygen atoms in total. The smallest absolute Gasteiger partial charge is 0.387 e. The number of hydrogen-bond donors (Lipinski definition) is 0. The van der Waals surface area contributed by atoms with E-state index in [4.69, 9.17) is 4.74 Å². The second-order valence-electron chi connectivity index (χ2n) is 6.54. The lowest BCUT2D eigenvalue weighted by molar-refractivity contribution is -0.0498. The summed E-state index contributed by atoms with van der Waals surface area (Å²) in [6.07, 6.45) is 1.58. The SMILES string of the molecule is O=C(COC(=O)c1cccc(S(=O)(=O)N2CCCC2)c1)c1ccc(OC(F)F)cc1. The minimum absolute atomic E-state index is 0.00348. The Kier molecular flexibility index (Phi) is 6.78. The van der Waals surface area contributed by atoms with Crippen LogP contribution in [0, 0.1) is 0 Å². The Morgan fingerprint density at radius 3 is 2.30 bits per heavy atom. The van der Waals surface area contributed by atoms with Crippen molar-refractivity contribution in [3.63, 3.8) is 0 Å². The van der Waals surface area contributed by atoms with Gasteiger partial charge in [0, 0.05) is 18.7 Å². The van der Waals surface area contributed by atoms with Gasteiger partial charge in [0.15, 0.2) is 12.4 Å². The highest BCUT2D eigenvalue weighted by Crippen LogP contribution is 2.22. The van der Waals surface area contributed by atoms with Crippen molar-refractivity contribution in [2.45, 2.75) is 24.3 Å². The van der Waals surface area contributed by atoms with Crippen molar-refractivity contribution >= 4 is 21.8 Å². The first-order chi connectivity index (χ1) is 14.3. The second-order valence-corrected chi connectivity index (χ2v) is 8.48. The predicted octanol–water partition coefficient (Wildman–Crippen LogP) is 3.11. The number of alkyl halides is 2. The molecule has 10 heteroatoms. The summed E-state index contributed by atoms with van der Waals surface area (Å²) in [5, 5.41) is 0. The summed E-state index contributed by atoms with van der Waals surface area (Å²) in [6, 6.07) is 10.4. The Labute approximate surface area is 172 Å². The lowest BCUT2D eigenvalue weighted by Gasteiger charge is -2.15.